The number of carbonyl (C=O) groups is 1. The minimum absolute atomic E-state index is 0.0614. The van der Waals surface area contributed by atoms with Crippen molar-refractivity contribution >= 4 is 22.9 Å². The molecule has 1 aromatic heterocycles. The Morgan fingerprint density at radius 1 is 0.974 bits per heavy atom. The Bertz CT molecular complexity index is 1310. The van der Waals surface area contributed by atoms with Crippen LogP contribution in [0, 0.1) is 0 Å². The maximum Gasteiger partial charge on any atom is 0.425 e. The summed E-state index contributed by atoms with van der Waals surface area (Å²) in [4.78, 5) is 17.7. The zero-order valence-electron chi connectivity index (χ0n) is 21.0. The van der Waals surface area contributed by atoms with Crippen molar-refractivity contribution in [3.63, 3.8) is 0 Å². The van der Waals surface area contributed by atoms with Crippen molar-refractivity contribution in [3.05, 3.63) is 108 Å². The molecule has 1 heterocycles. The molecule has 2 aromatic carbocycles. The van der Waals surface area contributed by atoms with E-state index >= 15 is 0 Å². The summed E-state index contributed by atoms with van der Waals surface area (Å²) in [6, 6.07) is 21.4. The Labute approximate surface area is 219 Å². The van der Waals surface area contributed by atoms with Gasteiger partial charge in [0.05, 0.1) is 7.11 Å². The summed E-state index contributed by atoms with van der Waals surface area (Å²) in [5, 5.41) is 6.03. The molecule has 1 atom stereocenters. The van der Waals surface area contributed by atoms with Gasteiger partial charge in [0.15, 0.2) is 0 Å². The summed E-state index contributed by atoms with van der Waals surface area (Å²) in [6.45, 7) is 0.667. The third kappa shape index (κ3) is 5.73. The molecule has 1 amide bonds. The SMILES string of the molecule is COC1=CC(c2ccccc2)=C(C(=O)Nc2ccc(NCCc3ccccn3)cc2)CC1(OC)C(F)(F)F. The molecule has 0 saturated carbocycles. The molecule has 1 unspecified atom stereocenters. The van der Waals surface area contributed by atoms with Crippen LogP contribution in [0.4, 0.5) is 24.5 Å². The largest absolute Gasteiger partial charge is 0.498 e. The van der Waals surface area contributed by atoms with Crippen LogP contribution in [0.1, 0.15) is 17.7 Å². The Balaban J connectivity index is 1.56. The highest BCUT2D eigenvalue weighted by atomic mass is 19.4. The first-order valence-corrected chi connectivity index (χ1v) is 12.0. The quantitative estimate of drug-likeness (QED) is 0.360. The Morgan fingerprint density at radius 3 is 2.26 bits per heavy atom. The molecule has 1 aliphatic rings. The molecule has 0 radical (unpaired) electrons. The fourth-order valence-electron chi connectivity index (χ4n) is 4.36. The molecule has 0 bridgehead atoms. The van der Waals surface area contributed by atoms with E-state index in [1.54, 1.807) is 60.8 Å². The van der Waals surface area contributed by atoms with E-state index in [4.69, 9.17) is 9.47 Å². The van der Waals surface area contributed by atoms with Gasteiger partial charge in [-0.2, -0.15) is 13.2 Å². The molecule has 198 valence electrons. The number of nitrogens with one attached hydrogen (secondary N) is 2. The lowest BCUT2D eigenvalue weighted by Crippen LogP contribution is -2.51. The first-order valence-electron chi connectivity index (χ1n) is 12.0. The van der Waals surface area contributed by atoms with Crippen LogP contribution in [0.3, 0.4) is 0 Å². The molecule has 0 aliphatic heterocycles. The molecule has 9 heteroatoms. The van der Waals surface area contributed by atoms with Gasteiger partial charge in [-0.3, -0.25) is 9.78 Å². The van der Waals surface area contributed by atoms with Gasteiger partial charge in [-0.25, -0.2) is 0 Å². The van der Waals surface area contributed by atoms with Gasteiger partial charge in [-0.1, -0.05) is 36.4 Å². The van der Waals surface area contributed by atoms with Crippen LogP contribution in [0.5, 0.6) is 0 Å². The number of aromatic nitrogens is 1. The summed E-state index contributed by atoms with van der Waals surface area (Å²) < 4.78 is 52.9. The first-order chi connectivity index (χ1) is 18.3. The van der Waals surface area contributed by atoms with Crippen LogP contribution in [0.15, 0.2) is 96.4 Å². The number of rotatable bonds is 9. The van der Waals surface area contributed by atoms with Crippen LogP contribution in [0.2, 0.25) is 0 Å². The number of methoxy groups -OCH3 is 2. The first kappa shape index (κ1) is 26.9. The number of pyridine rings is 1. The molecule has 1 aliphatic carbocycles. The van der Waals surface area contributed by atoms with Crippen molar-refractivity contribution in [3.8, 4) is 0 Å². The summed E-state index contributed by atoms with van der Waals surface area (Å²) in [5.74, 6) is -1.07. The predicted octanol–water partition coefficient (Wildman–Crippen LogP) is 6.01. The second-order valence-electron chi connectivity index (χ2n) is 8.71. The number of alkyl halides is 3. The third-order valence-corrected chi connectivity index (χ3v) is 6.39. The molecule has 6 nitrogen and oxygen atoms in total. The minimum Gasteiger partial charge on any atom is -0.498 e. The molecule has 0 spiro atoms. The smallest absolute Gasteiger partial charge is 0.425 e. The summed E-state index contributed by atoms with van der Waals surface area (Å²) in [7, 11) is 2.12. The van der Waals surface area contributed by atoms with E-state index in [-0.39, 0.29) is 5.57 Å². The number of nitrogens with zero attached hydrogens (tertiary/aromatic N) is 1. The van der Waals surface area contributed by atoms with Crippen LogP contribution in [-0.2, 0) is 20.7 Å². The van der Waals surface area contributed by atoms with Gasteiger partial charge < -0.3 is 20.1 Å². The van der Waals surface area contributed by atoms with Gasteiger partial charge in [0.1, 0.15) is 5.76 Å². The summed E-state index contributed by atoms with van der Waals surface area (Å²) in [5.41, 5.74) is 0.333. The average Bonchev–Trinajstić information content (AvgIpc) is 2.93. The number of hydrogen-bond acceptors (Lipinski definition) is 5. The van der Waals surface area contributed by atoms with Crippen LogP contribution in [-0.4, -0.2) is 43.4 Å². The molecule has 38 heavy (non-hydrogen) atoms. The lowest BCUT2D eigenvalue weighted by molar-refractivity contribution is -0.264. The second kappa shape index (κ2) is 11.5. The number of allylic oxidation sites excluding steroid dienone is 2. The minimum atomic E-state index is -4.82. The summed E-state index contributed by atoms with van der Waals surface area (Å²) in [6.07, 6.45) is -1.84. The number of hydrogen-bond donors (Lipinski definition) is 2. The second-order valence-corrected chi connectivity index (χ2v) is 8.71. The molecule has 2 N–H and O–H groups in total. The van der Waals surface area contributed by atoms with E-state index in [2.05, 4.69) is 15.6 Å². The zero-order chi connectivity index (χ0) is 27.2. The highest BCUT2D eigenvalue weighted by Crippen LogP contribution is 2.48. The van der Waals surface area contributed by atoms with Gasteiger partial charge in [0.25, 0.3) is 5.91 Å². The van der Waals surface area contributed by atoms with Gasteiger partial charge in [-0.05, 0) is 53.6 Å². The highest BCUT2D eigenvalue weighted by molar-refractivity contribution is 6.11. The van der Waals surface area contributed by atoms with Crippen LogP contribution < -0.4 is 10.6 Å². The number of anilines is 2. The molecular weight excluding hydrogens is 495 g/mol. The summed E-state index contributed by atoms with van der Waals surface area (Å²) >= 11 is 0. The molecular formula is C29H28F3N3O3. The van der Waals surface area contributed by atoms with Gasteiger partial charge in [-0.15, -0.1) is 0 Å². The number of halogens is 3. The Morgan fingerprint density at radius 2 is 1.66 bits per heavy atom. The Hall–Kier alpha value is -4.11. The third-order valence-electron chi connectivity index (χ3n) is 6.39. The van der Waals surface area contributed by atoms with Gasteiger partial charge in [0, 0.05) is 55.3 Å². The van der Waals surface area contributed by atoms with Crippen LogP contribution >= 0.6 is 0 Å². The van der Waals surface area contributed by atoms with E-state index in [0.717, 1.165) is 32.0 Å². The molecule has 3 aromatic rings. The van der Waals surface area contributed by atoms with Crippen molar-refractivity contribution in [1.82, 2.24) is 4.98 Å². The van der Waals surface area contributed by atoms with Crippen molar-refractivity contribution in [2.75, 3.05) is 31.4 Å². The van der Waals surface area contributed by atoms with Crippen molar-refractivity contribution in [2.24, 2.45) is 0 Å². The maximum atomic E-state index is 14.3. The monoisotopic (exact) mass is 523 g/mol. The van der Waals surface area contributed by atoms with E-state index in [9.17, 15) is 18.0 Å². The number of carbonyl (C=O) groups excluding carboxylic acids is 1. The van der Waals surface area contributed by atoms with Crippen molar-refractivity contribution < 1.29 is 27.4 Å². The highest BCUT2D eigenvalue weighted by Gasteiger charge is 2.61. The molecule has 4 rings (SSSR count). The molecule has 0 fully saturated rings. The van der Waals surface area contributed by atoms with Crippen LogP contribution in [0.25, 0.3) is 5.57 Å². The average molecular weight is 524 g/mol. The van der Waals surface area contributed by atoms with Gasteiger partial charge >= 0.3 is 6.18 Å². The van der Waals surface area contributed by atoms with Gasteiger partial charge in [0.2, 0.25) is 5.60 Å². The predicted molar refractivity (Wildman–Crippen MR) is 140 cm³/mol. The van der Waals surface area contributed by atoms with E-state index in [0.29, 0.717) is 23.4 Å². The fourth-order valence-corrected chi connectivity index (χ4v) is 4.36. The number of ether oxygens (including phenoxy) is 2. The fraction of sp³-hybridized carbons (Fsp3) is 0.241. The van der Waals surface area contributed by atoms with Crippen molar-refractivity contribution in [2.45, 2.75) is 24.6 Å². The number of amides is 1. The van der Waals surface area contributed by atoms with E-state index < -0.39 is 29.9 Å². The topological polar surface area (TPSA) is 72.5 Å². The Kier molecular flexibility index (Phi) is 8.16. The standard InChI is InChI=1S/C29H28F3N3O3/c1-37-26-18-24(20-8-4-3-5-9-20)25(19-28(26,38-2)29(30,31)32)27(36)35-23-13-11-22(12-14-23)34-17-15-21-10-6-7-16-33-21/h3-14,16,18,34H,15,17,19H2,1-2H3,(H,35,36). The zero-order valence-corrected chi connectivity index (χ0v) is 21.0. The number of benzene rings is 2. The lowest BCUT2D eigenvalue weighted by atomic mass is 9.81. The maximum absolute atomic E-state index is 14.3. The molecule has 0 saturated heterocycles. The normalized spacial score (nSPS) is 17.6. The van der Waals surface area contributed by atoms with E-state index in [1.165, 1.54) is 6.08 Å². The van der Waals surface area contributed by atoms with Crippen molar-refractivity contribution in [1.29, 1.82) is 0 Å². The lowest BCUT2D eigenvalue weighted by Gasteiger charge is -2.38. The van der Waals surface area contributed by atoms with E-state index in [1.807, 2.05) is 18.2 Å².